The van der Waals surface area contributed by atoms with E-state index in [4.69, 9.17) is 0 Å². The minimum Gasteiger partial charge on any atom is -0.434 e. The Labute approximate surface area is 132 Å². The van der Waals surface area contributed by atoms with Crippen LogP contribution in [0.15, 0.2) is 53.6 Å². The molecular weight excluding hydrogens is 302 g/mol. The molecule has 0 saturated carbocycles. The monoisotopic (exact) mass is 318 g/mol. The zero-order valence-electron chi connectivity index (χ0n) is 12.5. The molecule has 0 atom stereocenters. The summed E-state index contributed by atoms with van der Waals surface area (Å²) in [6.07, 6.45) is 2.15. The van der Waals surface area contributed by atoms with Gasteiger partial charge in [-0.2, -0.15) is 13.9 Å². The van der Waals surface area contributed by atoms with Gasteiger partial charge in [0.25, 0.3) is 5.91 Å². The lowest BCUT2D eigenvalue weighted by atomic mass is 10.1. The van der Waals surface area contributed by atoms with Crippen molar-refractivity contribution in [2.24, 2.45) is 5.10 Å². The van der Waals surface area contributed by atoms with Gasteiger partial charge in [0.15, 0.2) is 0 Å². The van der Waals surface area contributed by atoms with Crippen molar-refractivity contribution in [1.82, 2.24) is 5.43 Å². The van der Waals surface area contributed by atoms with Crippen molar-refractivity contribution in [3.05, 3.63) is 65.2 Å². The maximum atomic E-state index is 12.3. The number of carbonyl (C=O) groups excluding carboxylic acids is 1. The van der Waals surface area contributed by atoms with Gasteiger partial charge in [-0.05, 0) is 36.2 Å². The number of hydrazone groups is 1. The lowest BCUT2D eigenvalue weighted by Crippen LogP contribution is -2.17. The lowest BCUT2D eigenvalue weighted by molar-refractivity contribution is -0.0499. The zero-order valence-corrected chi connectivity index (χ0v) is 12.5. The topological polar surface area (TPSA) is 50.7 Å². The van der Waals surface area contributed by atoms with Gasteiger partial charge in [0.2, 0.25) is 0 Å². The van der Waals surface area contributed by atoms with Crippen molar-refractivity contribution < 1.29 is 18.3 Å². The van der Waals surface area contributed by atoms with Crippen LogP contribution in [-0.2, 0) is 6.42 Å². The van der Waals surface area contributed by atoms with Gasteiger partial charge in [0.05, 0.1) is 6.21 Å². The number of halogens is 2. The van der Waals surface area contributed by atoms with E-state index in [1.54, 1.807) is 30.3 Å². The fraction of sp³-hybridized carbons (Fsp3) is 0.176. The molecule has 0 spiro atoms. The van der Waals surface area contributed by atoms with Gasteiger partial charge in [-0.3, -0.25) is 4.79 Å². The van der Waals surface area contributed by atoms with Crippen LogP contribution in [0.2, 0.25) is 0 Å². The Morgan fingerprint density at radius 1 is 1.22 bits per heavy atom. The number of alkyl halides is 2. The number of hydrogen-bond donors (Lipinski definition) is 1. The van der Waals surface area contributed by atoms with Crippen LogP contribution in [0.3, 0.4) is 0 Å². The van der Waals surface area contributed by atoms with Gasteiger partial charge in [-0.1, -0.05) is 31.2 Å². The van der Waals surface area contributed by atoms with E-state index in [1.165, 1.54) is 12.3 Å². The summed E-state index contributed by atoms with van der Waals surface area (Å²) in [6.45, 7) is -0.894. The summed E-state index contributed by atoms with van der Waals surface area (Å²) in [5.41, 5.74) is 4.29. The third kappa shape index (κ3) is 4.88. The summed E-state index contributed by atoms with van der Waals surface area (Å²) in [5, 5.41) is 3.78. The van der Waals surface area contributed by atoms with Crippen LogP contribution in [0.4, 0.5) is 8.78 Å². The van der Waals surface area contributed by atoms with Gasteiger partial charge < -0.3 is 4.74 Å². The summed E-state index contributed by atoms with van der Waals surface area (Å²) in [4.78, 5) is 11.9. The first-order valence-corrected chi connectivity index (χ1v) is 7.06. The predicted molar refractivity (Wildman–Crippen MR) is 84.0 cm³/mol. The normalized spacial score (nSPS) is 11.0. The second-order valence-corrected chi connectivity index (χ2v) is 4.67. The number of rotatable bonds is 6. The van der Waals surface area contributed by atoms with Gasteiger partial charge in [-0.25, -0.2) is 5.43 Å². The fourth-order valence-corrected chi connectivity index (χ4v) is 1.91. The molecule has 0 fully saturated rings. The Hall–Kier alpha value is -2.76. The maximum absolute atomic E-state index is 12.3. The number of benzene rings is 2. The minimum atomic E-state index is -2.92. The molecule has 0 heterocycles. The Kier molecular flexibility index (Phi) is 5.80. The molecule has 2 aromatic rings. The quantitative estimate of drug-likeness (QED) is 0.653. The molecule has 0 aliphatic carbocycles. The van der Waals surface area contributed by atoms with Crippen LogP contribution >= 0.6 is 0 Å². The molecule has 0 aliphatic rings. The molecule has 2 aromatic carbocycles. The highest BCUT2D eigenvalue weighted by Gasteiger charge is 2.08. The third-order valence-electron chi connectivity index (χ3n) is 3.13. The maximum Gasteiger partial charge on any atom is 0.387 e. The Balaban J connectivity index is 2.02. The van der Waals surface area contributed by atoms with Crippen LogP contribution in [-0.4, -0.2) is 18.7 Å². The van der Waals surface area contributed by atoms with E-state index in [-0.39, 0.29) is 11.7 Å². The molecule has 1 amide bonds. The number of nitrogens with one attached hydrogen (secondary N) is 1. The molecule has 0 unspecified atom stereocenters. The SMILES string of the molecule is CCc1ccc(C(=O)N/N=C\c2ccccc2OC(F)F)cc1. The molecule has 120 valence electrons. The highest BCUT2D eigenvalue weighted by molar-refractivity contribution is 5.95. The van der Waals surface area contributed by atoms with Crippen LogP contribution in [0.25, 0.3) is 0 Å². The van der Waals surface area contributed by atoms with Gasteiger partial charge in [0, 0.05) is 11.1 Å². The van der Waals surface area contributed by atoms with E-state index in [9.17, 15) is 13.6 Å². The molecule has 23 heavy (non-hydrogen) atoms. The molecular formula is C17H16F2N2O2. The second-order valence-electron chi connectivity index (χ2n) is 4.67. The predicted octanol–water partition coefficient (Wildman–Crippen LogP) is 3.61. The Morgan fingerprint density at radius 3 is 2.57 bits per heavy atom. The van der Waals surface area contributed by atoms with Gasteiger partial charge >= 0.3 is 6.61 Å². The number of para-hydroxylation sites is 1. The summed E-state index contributed by atoms with van der Waals surface area (Å²) in [5.74, 6) is -0.385. The Morgan fingerprint density at radius 2 is 1.91 bits per heavy atom. The van der Waals surface area contributed by atoms with Crippen molar-refractivity contribution >= 4 is 12.1 Å². The fourth-order valence-electron chi connectivity index (χ4n) is 1.91. The molecule has 2 rings (SSSR count). The molecule has 6 heteroatoms. The first-order valence-electron chi connectivity index (χ1n) is 7.06. The largest absolute Gasteiger partial charge is 0.434 e. The molecule has 0 radical (unpaired) electrons. The van der Waals surface area contributed by atoms with Crippen molar-refractivity contribution in [1.29, 1.82) is 0 Å². The van der Waals surface area contributed by atoms with E-state index < -0.39 is 6.61 Å². The smallest absolute Gasteiger partial charge is 0.387 e. The molecule has 0 aromatic heterocycles. The van der Waals surface area contributed by atoms with Crippen LogP contribution in [0.5, 0.6) is 5.75 Å². The first-order chi connectivity index (χ1) is 11.1. The Bertz CT molecular complexity index is 685. The zero-order chi connectivity index (χ0) is 16.7. The first kappa shape index (κ1) is 16.6. The molecule has 4 nitrogen and oxygen atoms in total. The van der Waals surface area contributed by atoms with E-state index in [2.05, 4.69) is 15.3 Å². The van der Waals surface area contributed by atoms with E-state index in [1.807, 2.05) is 19.1 Å². The molecule has 1 N–H and O–H groups in total. The standard InChI is InChI=1S/C17H16F2N2O2/c1-2-12-7-9-13(10-8-12)16(22)21-20-11-14-5-3-4-6-15(14)23-17(18)19/h3-11,17H,2H2,1H3,(H,21,22)/b20-11-. The van der Waals surface area contributed by atoms with Gasteiger partial charge in [-0.15, -0.1) is 0 Å². The van der Waals surface area contributed by atoms with Crippen molar-refractivity contribution in [2.45, 2.75) is 20.0 Å². The third-order valence-corrected chi connectivity index (χ3v) is 3.13. The van der Waals surface area contributed by atoms with Crippen molar-refractivity contribution in [3.8, 4) is 5.75 Å². The average Bonchev–Trinajstić information content (AvgIpc) is 2.56. The number of aryl methyl sites for hydroxylation is 1. The van der Waals surface area contributed by atoms with E-state index >= 15 is 0 Å². The van der Waals surface area contributed by atoms with Crippen LogP contribution in [0.1, 0.15) is 28.4 Å². The van der Waals surface area contributed by atoms with E-state index in [0.717, 1.165) is 12.0 Å². The van der Waals surface area contributed by atoms with Gasteiger partial charge in [0.1, 0.15) is 5.75 Å². The molecule has 0 bridgehead atoms. The van der Waals surface area contributed by atoms with Crippen molar-refractivity contribution in [2.75, 3.05) is 0 Å². The minimum absolute atomic E-state index is 0.00667. The highest BCUT2D eigenvalue weighted by Crippen LogP contribution is 2.18. The van der Waals surface area contributed by atoms with Crippen molar-refractivity contribution in [3.63, 3.8) is 0 Å². The molecule has 0 aliphatic heterocycles. The van der Waals surface area contributed by atoms with Crippen LogP contribution in [0, 0.1) is 0 Å². The summed E-state index contributed by atoms with van der Waals surface area (Å²) in [6, 6.07) is 13.3. The molecule has 0 saturated heterocycles. The number of hydrogen-bond acceptors (Lipinski definition) is 3. The van der Waals surface area contributed by atoms with Crippen LogP contribution < -0.4 is 10.2 Å². The summed E-state index contributed by atoms with van der Waals surface area (Å²) in [7, 11) is 0. The number of nitrogens with zero attached hydrogens (tertiary/aromatic N) is 1. The highest BCUT2D eigenvalue weighted by atomic mass is 19.3. The number of carbonyl (C=O) groups is 1. The number of ether oxygens (including phenoxy) is 1. The summed E-state index contributed by atoms with van der Waals surface area (Å²) >= 11 is 0. The van der Waals surface area contributed by atoms with E-state index in [0.29, 0.717) is 11.1 Å². The number of amides is 1. The second kappa shape index (κ2) is 8.03. The average molecular weight is 318 g/mol. The lowest BCUT2D eigenvalue weighted by Gasteiger charge is -2.07. The summed E-state index contributed by atoms with van der Waals surface area (Å²) < 4.78 is 29.0.